The number of aryl methyl sites for hydroxylation is 2. The number of halogens is 1. The normalized spacial score (nSPS) is 15.3. The summed E-state index contributed by atoms with van der Waals surface area (Å²) >= 11 is 0. The highest BCUT2D eigenvalue weighted by Gasteiger charge is 2.12. The molecule has 1 fully saturated rings. The van der Waals surface area contributed by atoms with Gasteiger partial charge in [0, 0.05) is 38.3 Å². The molecule has 0 unspecified atom stereocenters. The highest BCUT2D eigenvalue weighted by Crippen LogP contribution is 2.26. The molecule has 0 spiro atoms. The van der Waals surface area contributed by atoms with Gasteiger partial charge in [0.15, 0.2) is 0 Å². The summed E-state index contributed by atoms with van der Waals surface area (Å²) in [7, 11) is 0. The Morgan fingerprint density at radius 1 is 1.08 bits per heavy atom. The third-order valence-corrected chi connectivity index (χ3v) is 4.73. The molecule has 0 aliphatic carbocycles. The van der Waals surface area contributed by atoms with Crippen LogP contribution >= 0.6 is 0 Å². The Hall–Kier alpha value is -1.91. The lowest BCUT2D eigenvalue weighted by atomic mass is 9.97. The molecular weight excluding hydrogens is 315 g/mol. The molecule has 0 bridgehead atoms. The summed E-state index contributed by atoms with van der Waals surface area (Å²) in [6.45, 7) is 9.73. The van der Waals surface area contributed by atoms with Gasteiger partial charge in [0.1, 0.15) is 5.82 Å². The van der Waals surface area contributed by atoms with E-state index in [0.717, 1.165) is 56.2 Å². The summed E-state index contributed by atoms with van der Waals surface area (Å²) in [5.41, 5.74) is 5.46. The molecule has 25 heavy (non-hydrogen) atoms. The predicted molar refractivity (Wildman–Crippen MR) is 101 cm³/mol. The van der Waals surface area contributed by atoms with E-state index in [2.05, 4.69) is 36.2 Å². The van der Waals surface area contributed by atoms with Crippen LogP contribution in [0.25, 0.3) is 0 Å². The van der Waals surface area contributed by atoms with Crippen molar-refractivity contribution in [2.45, 2.75) is 20.3 Å². The van der Waals surface area contributed by atoms with Gasteiger partial charge in [-0.3, -0.25) is 4.90 Å². The number of ether oxygens (including phenoxy) is 1. The van der Waals surface area contributed by atoms with Crippen LogP contribution in [0.1, 0.15) is 22.3 Å². The van der Waals surface area contributed by atoms with Crippen LogP contribution < -0.4 is 5.32 Å². The van der Waals surface area contributed by atoms with Gasteiger partial charge < -0.3 is 10.1 Å². The van der Waals surface area contributed by atoms with Crippen LogP contribution in [0, 0.1) is 19.7 Å². The van der Waals surface area contributed by atoms with Crippen molar-refractivity contribution >= 4 is 5.69 Å². The van der Waals surface area contributed by atoms with E-state index in [1.54, 1.807) is 6.07 Å². The first-order valence-corrected chi connectivity index (χ1v) is 9.01. The van der Waals surface area contributed by atoms with Gasteiger partial charge in [0.05, 0.1) is 13.2 Å². The molecule has 1 N–H and O–H groups in total. The summed E-state index contributed by atoms with van der Waals surface area (Å²) in [6, 6.07) is 11.4. The summed E-state index contributed by atoms with van der Waals surface area (Å²) in [4.78, 5) is 2.41. The molecular formula is C21H27FN2O. The molecule has 1 saturated heterocycles. The molecule has 2 aromatic rings. The molecule has 0 aromatic heterocycles. The molecule has 1 aliphatic rings. The van der Waals surface area contributed by atoms with Crippen molar-refractivity contribution < 1.29 is 9.13 Å². The van der Waals surface area contributed by atoms with E-state index in [1.807, 2.05) is 12.1 Å². The second kappa shape index (κ2) is 8.45. The Morgan fingerprint density at radius 2 is 1.84 bits per heavy atom. The van der Waals surface area contributed by atoms with Gasteiger partial charge in [-0.1, -0.05) is 35.9 Å². The lowest BCUT2D eigenvalue weighted by Crippen LogP contribution is -2.39. The highest BCUT2D eigenvalue weighted by atomic mass is 19.1. The van der Waals surface area contributed by atoms with Crippen LogP contribution in [0.15, 0.2) is 36.4 Å². The van der Waals surface area contributed by atoms with Crippen LogP contribution in [0.3, 0.4) is 0 Å². The van der Waals surface area contributed by atoms with Crippen molar-refractivity contribution in [3.63, 3.8) is 0 Å². The number of hydrogen-bond donors (Lipinski definition) is 1. The van der Waals surface area contributed by atoms with E-state index in [4.69, 9.17) is 4.74 Å². The number of hydrogen-bond acceptors (Lipinski definition) is 3. The quantitative estimate of drug-likeness (QED) is 0.865. The van der Waals surface area contributed by atoms with Gasteiger partial charge in [-0.05, 0) is 36.6 Å². The van der Waals surface area contributed by atoms with E-state index >= 15 is 0 Å². The summed E-state index contributed by atoms with van der Waals surface area (Å²) in [6.07, 6.45) is 0.606. The maximum atomic E-state index is 14.1. The van der Waals surface area contributed by atoms with Crippen molar-refractivity contribution in [1.82, 2.24) is 4.90 Å². The molecule has 134 valence electrons. The number of morpholine rings is 1. The highest BCUT2D eigenvalue weighted by molar-refractivity contribution is 5.60. The maximum absolute atomic E-state index is 14.1. The van der Waals surface area contributed by atoms with E-state index in [-0.39, 0.29) is 5.82 Å². The number of rotatable bonds is 6. The fraction of sp³-hybridized carbons (Fsp3) is 0.429. The fourth-order valence-electron chi connectivity index (χ4n) is 3.46. The zero-order valence-corrected chi connectivity index (χ0v) is 15.1. The average Bonchev–Trinajstić information content (AvgIpc) is 2.60. The number of nitrogens with zero attached hydrogens (tertiary/aromatic N) is 1. The fourth-order valence-corrected chi connectivity index (χ4v) is 3.46. The van der Waals surface area contributed by atoms with Crippen molar-refractivity contribution in [2.24, 2.45) is 0 Å². The van der Waals surface area contributed by atoms with E-state index in [0.29, 0.717) is 6.42 Å². The minimum Gasteiger partial charge on any atom is -0.383 e. The van der Waals surface area contributed by atoms with Gasteiger partial charge in [-0.15, -0.1) is 0 Å². The summed E-state index contributed by atoms with van der Waals surface area (Å²) in [5, 5.41) is 3.59. The van der Waals surface area contributed by atoms with Crippen LogP contribution in [-0.4, -0.2) is 44.3 Å². The number of benzene rings is 2. The van der Waals surface area contributed by atoms with Gasteiger partial charge in [0.2, 0.25) is 0 Å². The molecule has 0 radical (unpaired) electrons. The van der Waals surface area contributed by atoms with Gasteiger partial charge in [0.25, 0.3) is 0 Å². The number of nitrogens with one attached hydrogen (secondary N) is 1. The minimum absolute atomic E-state index is 0.138. The van der Waals surface area contributed by atoms with E-state index < -0.39 is 0 Å². The standard InChI is InChI=1S/C21H27FN2O/c1-16-13-17(2)21(23-7-8-24-9-11-25-12-10-24)19(14-16)15-18-5-3-4-6-20(18)22/h3-6,13-14,23H,7-12,15H2,1-2H3. The third-order valence-electron chi connectivity index (χ3n) is 4.73. The molecule has 0 saturated carbocycles. The molecule has 0 atom stereocenters. The molecule has 3 rings (SSSR count). The van der Waals surface area contributed by atoms with Crippen LogP contribution in [0.2, 0.25) is 0 Å². The first-order valence-electron chi connectivity index (χ1n) is 9.01. The Kier molecular flexibility index (Phi) is 6.05. The molecule has 4 heteroatoms. The summed E-state index contributed by atoms with van der Waals surface area (Å²) in [5.74, 6) is -0.138. The average molecular weight is 342 g/mol. The predicted octanol–water partition coefficient (Wildman–Crippen LogP) is 3.78. The topological polar surface area (TPSA) is 24.5 Å². The Labute approximate surface area is 149 Å². The van der Waals surface area contributed by atoms with Crippen molar-refractivity contribution in [2.75, 3.05) is 44.7 Å². The first kappa shape index (κ1) is 17.9. The molecule has 2 aromatic carbocycles. The maximum Gasteiger partial charge on any atom is 0.126 e. The van der Waals surface area contributed by atoms with Gasteiger partial charge in [-0.2, -0.15) is 0 Å². The Bertz CT molecular complexity index is 711. The minimum atomic E-state index is -0.138. The van der Waals surface area contributed by atoms with E-state index in [1.165, 1.54) is 17.2 Å². The van der Waals surface area contributed by atoms with Crippen molar-refractivity contribution in [1.29, 1.82) is 0 Å². The smallest absolute Gasteiger partial charge is 0.126 e. The summed E-state index contributed by atoms with van der Waals surface area (Å²) < 4.78 is 19.5. The molecule has 3 nitrogen and oxygen atoms in total. The molecule has 0 amide bonds. The lowest BCUT2D eigenvalue weighted by Gasteiger charge is -2.27. The van der Waals surface area contributed by atoms with Crippen LogP contribution in [0.4, 0.5) is 10.1 Å². The van der Waals surface area contributed by atoms with Crippen LogP contribution in [-0.2, 0) is 11.2 Å². The number of anilines is 1. The Balaban J connectivity index is 1.72. The lowest BCUT2D eigenvalue weighted by molar-refractivity contribution is 0.0398. The molecule has 1 aliphatic heterocycles. The second-order valence-corrected chi connectivity index (χ2v) is 6.76. The Morgan fingerprint density at radius 3 is 2.60 bits per heavy atom. The van der Waals surface area contributed by atoms with E-state index in [9.17, 15) is 4.39 Å². The van der Waals surface area contributed by atoms with Gasteiger partial charge in [-0.25, -0.2) is 4.39 Å². The van der Waals surface area contributed by atoms with Crippen molar-refractivity contribution in [3.8, 4) is 0 Å². The zero-order valence-electron chi connectivity index (χ0n) is 15.1. The largest absolute Gasteiger partial charge is 0.383 e. The van der Waals surface area contributed by atoms with Gasteiger partial charge >= 0.3 is 0 Å². The van der Waals surface area contributed by atoms with Crippen molar-refractivity contribution in [3.05, 3.63) is 64.5 Å². The van der Waals surface area contributed by atoms with Crippen LogP contribution in [0.5, 0.6) is 0 Å². The first-order chi connectivity index (χ1) is 12.1. The SMILES string of the molecule is Cc1cc(C)c(NCCN2CCOCC2)c(Cc2ccccc2F)c1. The second-order valence-electron chi connectivity index (χ2n) is 6.76. The third kappa shape index (κ3) is 4.80. The monoisotopic (exact) mass is 342 g/mol. The zero-order chi connectivity index (χ0) is 17.6. The molecule has 1 heterocycles.